The van der Waals surface area contributed by atoms with Gasteiger partial charge in [0.25, 0.3) is 5.91 Å². The van der Waals surface area contributed by atoms with Crippen molar-refractivity contribution in [2.45, 2.75) is 76.9 Å². The normalized spacial score (nSPS) is 26.1. The summed E-state index contributed by atoms with van der Waals surface area (Å²) in [4.78, 5) is 48.5. The van der Waals surface area contributed by atoms with Crippen LogP contribution < -0.4 is 19.5 Å². The molecule has 3 heterocycles. The Hall–Kier alpha value is -4.50. The number of pyridine rings is 1. The number of hydrogen-bond donors (Lipinski definition) is 2. The topological polar surface area (TPSA) is 165 Å². The Kier molecular flexibility index (Phi) is 10.4. The van der Waals surface area contributed by atoms with Gasteiger partial charge in [-0.05, 0) is 69.6 Å². The number of amides is 3. The van der Waals surface area contributed by atoms with E-state index in [9.17, 15) is 22.8 Å². The van der Waals surface area contributed by atoms with Crippen molar-refractivity contribution in [2.75, 3.05) is 34.8 Å². The van der Waals surface area contributed by atoms with Gasteiger partial charge in [-0.1, -0.05) is 26.0 Å². The Balaban J connectivity index is 1.34. The van der Waals surface area contributed by atoms with Crippen LogP contribution in [0.2, 0.25) is 0 Å². The standard InChI is InChI=1S/C37H49N7O7S/c1-22(2)29-15-17-44(40-29)32-20-31(26-13-14-30(50-7)23(3)33(26)38-32)51-25-18-27-28(19-25)35(46)43(6)16-11-9-8-10-12-24-21-37(24,39-34(27)45)36(47)41-52(48,49)42(4)5/h10,12-15,17,20,22,24-25,27-28H,8-9,11,16,18-19,21H2,1-7H3,(H,39,45)(H,41,47)/b12-10+. The van der Waals surface area contributed by atoms with E-state index >= 15 is 0 Å². The maximum absolute atomic E-state index is 14.2. The fourth-order valence-corrected chi connectivity index (χ4v) is 7.86. The van der Waals surface area contributed by atoms with Gasteiger partial charge in [0, 0.05) is 56.8 Å². The number of nitrogens with zero attached hydrogens (tertiary/aromatic N) is 5. The van der Waals surface area contributed by atoms with Crippen LogP contribution in [0.25, 0.3) is 16.7 Å². The molecule has 2 fully saturated rings. The molecule has 5 unspecified atom stereocenters. The maximum Gasteiger partial charge on any atom is 0.303 e. The zero-order valence-electron chi connectivity index (χ0n) is 30.9. The third kappa shape index (κ3) is 7.25. The van der Waals surface area contributed by atoms with Gasteiger partial charge in [-0.3, -0.25) is 14.4 Å². The zero-order valence-corrected chi connectivity index (χ0v) is 31.7. The molecule has 1 aliphatic heterocycles. The van der Waals surface area contributed by atoms with Gasteiger partial charge in [0.2, 0.25) is 11.8 Å². The Bertz CT molecular complexity index is 2010. The number of aryl methyl sites for hydroxylation is 1. The van der Waals surface area contributed by atoms with Gasteiger partial charge < -0.3 is 19.7 Å². The van der Waals surface area contributed by atoms with Crippen LogP contribution >= 0.6 is 0 Å². The molecule has 0 bridgehead atoms. The average Bonchev–Trinajstić information content (AvgIpc) is 3.40. The van der Waals surface area contributed by atoms with Gasteiger partial charge in [-0.2, -0.15) is 17.8 Å². The highest BCUT2D eigenvalue weighted by atomic mass is 32.2. The van der Waals surface area contributed by atoms with Crippen molar-refractivity contribution in [3.63, 3.8) is 0 Å². The predicted octanol–water partition coefficient (Wildman–Crippen LogP) is 3.63. The van der Waals surface area contributed by atoms with Gasteiger partial charge in [0.05, 0.1) is 30.2 Å². The monoisotopic (exact) mass is 735 g/mol. The fourth-order valence-electron chi connectivity index (χ4n) is 7.26. The number of methoxy groups -OCH3 is 1. The molecule has 2 saturated carbocycles. The van der Waals surface area contributed by atoms with Crippen molar-refractivity contribution in [1.82, 2.24) is 34.0 Å². The molecule has 3 aromatic rings. The molecule has 2 aromatic heterocycles. The molecule has 3 aliphatic rings. The van der Waals surface area contributed by atoms with Crippen molar-refractivity contribution < 1.29 is 32.3 Å². The quantitative estimate of drug-likeness (QED) is 0.329. The van der Waals surface area contributed by atoms with Crippen molar-refractivity contribution in [3.05, 3.63) is 53.9 Å². The number of ether oxygens (including phenoxy) is 2. The molecule has 0 radical (unpaired) electrons. The maximum atomic E-state index is 14.2. The molecule has 1 aromatic carbocycles. The smallest absolute Gasteiger partial charge is 0.303 e. The summed E-state index contributed by atoms with van der Waals surface area (Å²) in [5.74, 6) is -1.42. The largest absolute Gasteiger partial charge is 0.496 e. The van der Waals surface area contributed by atoms with E-state index in [2.05, 4.69) is 23.9 Å². The first-order valence-electron chi connectivity index (χ1n) is 17.8. The first-order chi connectivity index (χ1) is 24.6. The molecule has 6 rings (SSSR count). The summed E-state index contributed by atoms with van der Waals surface area (Å²) in [6.07, 6.45) is 8.22. The summed E-state index contributed by atoms with van der Waals surface area (Å²) >= 11 is 0. The van der Waals surface area contributed by atoms with Crippen LogP contribution in [0.15, 0.2) is 42.6 Å². The summed E-state index contributed by atoms with van der Waals surface area (Å²) in [6.45, 7) is 6.61. The van der Waals surface area contributed by atoms with E-state index in [0.717, 1.165) is 40.2 Å². The summed E-state index contributed by atoms with van der Waals surface area (Å²) in [6, 6.07) is 7.52. The molecule has 280 valence electrons. The lowest BCUT2D eigenvalue weighted by atomic mass is 9.93. The fraction of sp³-hybridized carbons (Fsp3) is 0.541. The summed E-state index contributed by atoms with van der Waals surface area (Å²) in [5.41, 5.74) is 0.958. The van der Waals surface area contributed by atoms with Crippen LogP contribution in [0.1, 0.15) is 69.5 Å². The number of carbonyl (C=O) groups is 3. The number of allylic oxidation sites excluding steroid dienone is 1. The molecular weight excluding hydrogens is 687 g/mol. The predicted molar refractivity (Wildman–Crippen MR) is 195 cm³/mol. The van der Waals surface area contributed by atoms with Crippen LogP contribution in [0.4, 0.5) is 0 Å². The number of carbonyl (C=O) groups excluding carboxylic acids is 3. The second kappa shape index (κ2) is 14.5. The molecule has 2 aliphatic carbocycles. The lowest BCUT2D eigenvalue weighted by molar-refractivity contribution is -0.140. The highest BCUT2D eigenvalue weighted by molar-refractivity contribution is 7.87. The van der Waals surface area contributed by atoms with Crippen LogP contribution in [0, 0.1) is 24.7 Å². The van der Waals surface area contributed by atoms with Crippen LogP contribution in [-0.4, -0.2) is 96.5 Å². The Labute approximate surface area is 305 Å². The third-order valence-electron chi connectivity index (χ3n) is 10.6. The molecular formula is C37H49N7O7S. The first kappa shape index (κ1) is 37.3. The van der Waals surface area contributed by atoms with Crippen molar-refractivity contribution >= 4 is 38.8 Å². The molecule has 0 spiro atoms. The summed E-state index contributed by atoms with van der Waals surface area (Å²) < 4.78 is 42.4. The molecule has 52 heavy (non-hydrogen) atoms. The summed E-state index contributed by atoms with van der Waals surface area (Å²) in [5, 5.41) is 8.40. The Morgan fingerprint density at radius 1 is 1.12 bits per heavy atom. The van der Waals surface area contributed by atoms with Gasteiger partial charge in [0.15, 0.2) is 5.82 Å². The van der Waals surface area contributed by atoms with E-state index in [1.807, 2.05) is 49.5 Å². The molecule has 2 N–H and O–H groups in total. The SMILES string of the molecule is COc1ccc2c(OC3CC4C(=O)NC5(C(=O)NS(=O)(=O)N(C)C)CC5/C=C/CCCCN(C)C(=O)C4C3)cc(-n3ccc(C(C)C)n3)nc2c1C. The van der Waals surface area contributed by atoms with Crippen molar-refractivity contribution in [3.8, 4) is 17.3 Å². The number of nitrogens with one attached hydrogen (secondary N) is 2. The minimum atomic E-state index is -4.11. The summed E-state index contributed by atoms with van der Waals surface area (Å²) in [7, 11) is 1.89. The van der Waals surface area contributed by atoms with E-state index in [1.54, 1.807) is 23.7 Å². The second-order valence-electron chi connectivity index (χ2n) is 14.7. The number of benzene rings is 1. The highest BCUT2D eigenvalue weighted by Gasteiger charge is 2.62. The Morgan fingerprint density at radius 2 is 1.87 bits per heavy atom. The number of aromatic nitrogens is 3. The van der Waals surface area contributed by atoms with Crippen molar-refractivity contribution in [2.24, 2.45) is 17.8 Å². The van der Waals surface area contributed by atoms with Gasteiger partial charge >= 0.3 is 10.2 Å². The number of rotatable bonds is 8. The van der Waals surface area contributed by atoms with E-state index in [0.29, 0.717) is 29.4 Å². The van der Waals surface area contributed by atoms with E-state index in [-0.39, 0.29) is 37.0 Å². The Morgan fingerprint density at radius 3 is 2.56 bits per heavy atom. The molecule has 5 atom stereocenters. The van der Waals surface area contributed by atoms with Crippen LogP contribution in [0.3, 0.4) is 0 Å². The third-order valence-corrected chi connectivity index (χ3v) is 12.0. The molecule has 3 amide bonds. The minimum absolute atomic E-state index is 0.168. The van der Waals surface area contributed by atoms with E-state index < -0.39 is 45.5 Å². The van der Waals surface area contributed by atoms with Crippen LogP contribution in [-0.2, 0) is 24.6 Å². The van der Waals surface area contributed by atoms with Gasteiger partial charge in [-0.15, -0.1) is 0 Å². The van der Waals surface area contributed by atoms with E-state index in [1.165, 1.54) is 14.1 Å². The van der Waals surface area contributed by atoms with E-state index in [4.69, 9.17) is 19.6 Å². The zero-order chi connectivity index (χ0) is 37.5. The lowest BCUT2D eigenvalue weighted by Crippen LogP contribution is -2.55. The van der Waals surface area contributed by atoms with Gasteiger partial charge in [-0.25, -0.2) is 14.4 Å². The average molecular weight is 736 g/mol. The number of fused-ring (bicyclic) bond motifs is 3. The molecule has 0 saturated heterocycles. The van der Waals surface area contributed by atoms with Crippen molar-refractivity contribution in [1.29, 1.82) is 0 Å². The lowest BCUT2D eigenvalue weighted by Gasteiger charge is -2.27. The molecule has 14 nitrogen and oxygen atoms in total. The van der Waals surface area contributed by atoms with Gasteiger partial charge in [0.1, 0.15) is 23.1 Å². The molecule has 15 heteroatoms. The number of hydrogen-bond acceptors (Lipinski definition) is 9. The minimum Gasteiger partial charge on any atom is -0.496 e. The second-order valence-corrected chi connectivity index (χ2v) is 16.6. The first-order valence-corrected chi connectivity index (χ1v) is 19.3. The highest BCUT2D eigenvalue weighted by Crippen LogP contribution is 2.47. The van der Waals surface area contributed by atoms with Crippen LogP contribution in [0.5, 0.6) is 11.5 Å².